The number of aliphatic hydroxyl groups excluding tert-OH is 1. The van der Waals surface area contributed by atoms with E-state index < -0.39 is 5.97 Å². The molecule has 0 aromatic rings. The standard InChI is InChI=1S/C9H16O3/c1-8(6-7-10)4-2-3-5-9(11)12/h3,5,8,10H,2,4,6-7H2,1H3,(H,11,12)/b5-3+/t8-/m1/s1. The molecule has 0 aromatic heterocycles. The van der Waals surface area contributed by atoms with Gasteiger partial charge in [-0.15, -0.1) is 0 Å². The average Bonchev–Trinajstić information content (AvgIpc) is 1.98. The number of carbonyl (C=O) groups is 1. The molecule has 0 aliphatic rings. The van der Waals surface area contributed by atoms with E-state index in [1.165, 1.54) is 0 Å². The number of aliphatic hydroxyl groups is 1. The number of aliphatic carboxylic acids is 1. The lowest BCUT2D eigenvalue weighted by Gasteiger charge is -2.05. The van der Waals surface area contributed by atoms with E-state index in [-0.39, 0.29) is 6.61 Å². The summed E-state index contributed by atoms with van der Waals surface area (Å²) in [6, 6.07) is 0. The fourth-order valence-corrected chi connectivity index (χ4v) is 0.930. The Labute approximate surface area is 72.7 Å². The van der Waals surface area contributed by atoms with Crippen molar-refractivity contribution in [1.29, 1.82) is 0 Å². The maximum absolute atomic E-state index is 10.0. The van der Waals surface area contributed by atoms with Gasteiger partial charge in [-0.1, -0.05) is 13.0 Å². The molecule has 0 aromatic carbocycles. The Morgan fingerprint density at radius 1 is 1.50 bits per heavy atom. The molecular weight excluding hydrogens is 156 g/mol. The molecule has 0 saturated carbocycles. The van der Waals surface area contributed by atoms with Crippen LogP contribution in [-0.4, -0.2) is 22.8 Å². The van der Waals surface area contributed by atoms with Crippen molar-refractivity contribution in [3.63, 3.8) is 0 Å². The molecule has 0 heterocycles. The van der Waals surface area contributed by atoms with Crippen LogP contribution < -0.4 is 0 Å². The highest BCUT2D eigenvalue weighted by molar-refractivity contribution is 5.79. The van der Waals surface area contributed by atoms with Crippen molar-refractivity contribution in [3.05, 3.63) is 12.2 Å². The number of allylic oxidation sites excluding steroid dienone is 1. The van der Waals surface area contributed by atoms with Crippen LogP contribution in [0, 0.1) is 5.92 Å². The molecule has 12 heavy (non-hydrogen) atoms. The highest BCUT2D eigenvalue weighted by Crippen LogP contribution is 2.09. The fourth-order valence-electron chi connectivity index (χ4n) is 0.930. The molecule has 3 heteroatoms. The molecule has 1 atom stereocenters. The Morgan fingerprint density at radius 3 is 2.67 bits per heavy atom. The Kier molecular flexibility index (Phi) is 6.38. The van der Waals surface area contributed by atoms with Gasteiger partial charge in [0, 0.05) is 12.7 Å². The van der Waals surface area contributed by atoms with Crippen LogP contribution >= 0.6 is 0 Å². The third kappa shape index (κ3) is 7.28. The summed E-state index contributed by atoms with van der Waals surface area (Å²) in [5, 5.41) is 16.8. The van der Waals surface area contributed by atoms with Crippen LogP contribution in [0.15, 0.2) is 12.2 Å². The molecule has 70 valence electrons. The van der Waals surface area contributed by atoms with Crippen molar-refractivity contribution >= 4 is 5.97 Å². The summed E-state index contributed by atoms with van der Waals surface area (Å²) in [7, 11) is 0. The van der Waals surface area contributed by atoms with Crippen molar-refractivity contribution in [2.45, 2.75) is 26.2 Å². The molecule has 2 N–H and O–H groups in total. The third-order valence-corrected chi connectivity index (χ3v) is 1.71. The van der Waals surface area contributed by atoms with Crippen molar-refractivity contribution < 1.29 is 15.0 Å². The second-order valence-electron chi connectivity index (χ2n) is 2.94. The van der Waals surface area contributed by atoms with E-state index in [1.807, 2.05) is 6.92 Å². The quantitative estimate of drug-likeness (QED) is 0.596. The van der Waals surface area contributed by atoms with Gasteiger partial charge in [0.2, 0.25) is 0 Å². The van der Waals surface area contributed by atoms with Crippen LogP contribution in [0.1, 0.15) is 26.2 Å². The number of hydrogen-bond acceptors (Lipinski definition) is 2. The van der Waals surface area contributed by atoms with Crippen molar-refractivity contribution in [2.75, 3.05) is 6.61 Å². The Balaban J connectivity index is 3.36. The van der Waals surface area contributed by atoms with Gasteiger partial charge in [-0.2, -0.15) is 0 Å². The monoisotopic (exact) mass is 172 g/mol. The first-order valence-electron chi connectivity index (χ1n) is 4.17. The van der Waals surface area contributed by atoms with Gasteiger partial charge in [0.15, 0.2) is 0 Å². The first-order chi connectivity index (χ1) is 5.66. The second kappa shape index (κ2) is 6.85. The Hall–Kier alpha value is -0.830. The minimum Gasteiger partial charge on any atom is -0.478 e. The molecule has 0 rings (SSSR count). The summed E-state index contributed by atoms with van der Waals surface area (Å²) in [4.78, 5) is 10.0. The van der Waals surface area contributed by atoms with Gasteiger partial charge in [0.1, 0.15) is 0 Å². The lowest BCUT2D eigenvalue weighted by molar-refractivity contribution is -0.131. The van der Waals surface area contributed by atoms with Gasteiger partial charge in [-0.3, -0.25) is 0 Å². The second-order valence-corrected chi connectivity index (χ2v) is 2.94. The molecule has 3 nitrogen and oxygen atoms in total. The molecule has 0 unspecified atom stereocenters. The molecule has 0 radical (unpaired) electrons. The van der Waals surface area contributed by atoms with E-state index in [0.29, 0.717) is 5.92 Å². The van der Waals surface area contributed by atoms with Gasteiger partial charge in [0.05, 0.1) is 0 Å². The van der Waals surface area contributed by atoms with Gasteiger partial charge in [-0.05, 0) is 25.2 Å². The smallest absolute Gasteiger partial charge is 0.327 e. The average molecular weight is 172 g/mol. The SMILES string of the molecule is C[C@@H](CCO)CC/C=C/C(=O)O. The van der Waals surface area contributed by atoms with Crippen LogP contribution in [0.5, 0.6) is 0 Å². The lowest BCUT2D eigenvalue weighted by Crippen LogP contribution is -1.97. The fraction of sp³-hybridized carbons (Fsp3) is 0.667. The van der Waals surface area contributed by atoms with Gasteiger partial charge < -0.3 is 10.2 Å². The highest BCUT2D eigenvalue weighted by Gasteiger charge is 1.98. The first-order valence-corrected chi connectivity index (χ1v) is 4.17. The predicted octanol–water partition coefficient (Wildman–Crippen LogP) is 1.43. The molecule has 0 saturated heterocycles. The molecule has 0 aliphatic heterocycles. The minimum absolute atomic E-state index is 0.212. The van der Waals surface area contributed by atoms with Crippen LogP contribution in [-0.2, 0) is 4.79 Å². The van der Waals surface area contributed by atoms with Crippen molar-refractivity contribution in [2.24, 2.45) is 5.92 Å². The third-order valence-electron chi connectivity index (χ3n) is 1.71. The zero-order valence-electron chi connectivity index (χ0n) is 7.36. The summed E-state index contributed by atoms with van der Waals surface area (Å²) in [5.74, 6) is -0.432. The molecule has 0 fully saturated rings. The maximum atomic E-state index is 10.0. The summed E-state index contributed by atoms with van der Waals surface area (Å²) in [5.41, 5.74) is 0. The predicted molar refractivity (Wildman–Crippen MR) is 46.9 cm³/mol. The van der Waals surface area contributed by atoms with Crippen molar-refractivity contribution in [3.8, 4) is 0 Å². The normalized spacial score (nSPS) is 13.5. The molecule has 0 amide bonds. The highest BCUT2D eigenvalue weighted by atomic mass is 16.4. The maximum Gasteiger partial charge on any atom is 0.327 e. The van der Waals surface area contributed by atoms with Crippen molar-refractivity contribution in [1.82, 2.24) is 0 Å². The number of rotatable bonds is 6. The summed E-state index contributed by atoms with van der Waals surface area (Å²) in [6.45, 7) is 2.26. The summed E-state index contributed by atoms with van der Waals surface area (Å²) >= 11 is 0. The van der Waals surface area contributed by atoms with Crippen LogP contribution in [0.3, 0.4) is 0 Å². The first kappa shape index (κ1) is 11.2. The summed E-state index contributed by atoms with van der Waals surface area (Å²) in [6.07, 6.45) is 5.31. The number of hydrogen-bond donors (Lipinski definition) is 2. The van der Waals surface area contributed by atoms with Gasteiger partial charge >= 0.3 is 5.97 Å². The number of carboxylic acid groups (broad SMARTS) is 1. The van der Waals surface area contributed by atoms with Gasteiger partial charge in [0.25, 0.3) is 0 Å². The van der Waals surface area contributed by atoms with Crippen LogP contribution in [0.2, 0.25) is 0 Å². The lowest BCUT2D eigenvalue weighted by atomic mass is 10.0. The molecule has 0 aliphatic carbocycles. The van der Waals surface area contributed by atoms with Gasteiger partial charge in [-0.25, -0.2) is 4.79 Å². The van der Waals surface area contributed by atoms with Crippen LogP contribution in [0.25, 0.3) is 0 Å². The van der Waals surface area contributed by atoms with E-state index in [9.17, 15) is 4.79 Å². The topological polar surface area (TPSA) is 57.5 Å². The number of carboxylic acids is 1. The van der Waals surface area contributed by atoms with E-state index >= 15 is 0 Å². The molecule has 0 bridgehead atoms. The van der Waals surface area contributed by atoms with E-state index in [2.05, 4.69) is 0 Å². The van der Waals surface area contributed by atoms with Crippen LogP contribution in [0.4, 0.5) is 0 Å². The zero-order valence-corrected chi connectivity index (χ0v) is 7.36. The Bertz CT molecular complexity index is 152. The van der Waals surface area contributed by atoms with E-state index in [4.69, 9.17) is 10.2 Å². The van der Waals surface area contributed by atoms with E-state index in [0.717, 1.165) is 25.3 Å². The zero-order chi connectivity index (χ0) is 9.40. The molecular formula is C9H16O3. The molecule has 0 spiro atoms. The van der Waals surface area contributed by atoms with E-state index in [1.54, 1.807) is 6.08 Å². The summed E-state index contributed by atoms with van der Waals surface area (Å²) < 4.78 is 0. The Morgan fingerprint density at radius 2 is 2.17 bits per heavy atom. The minimum atomic E-state index is -0.898. The largest absolute Gasteiger partial charge is 0.478 e.